The molecule has 0 saturated heterocycles. The molecule has 0 atom stereocenters. The molecule has 0 N–H and O–H groups in total. The summed E-state index contributed by atoms with van der Waals surface area (Å²) in [5, 5.41) is 10.6. The van der Waals surface area contributed by atoms with Crippen molar-refractivity contribution >= 4 is 133 Å². The molecule has 4 aromatic heterocycles. The SMILES string of the molecule is CC(C)(C)c1ccc(N(c2ccc3cc4c(cc3c2)oc2cc3c(cc24)oc2cccc(N(c4ccc(C(C)(C)C)cc4)c4ccc5c(c4)oc4ccccc45)c23)c2ccc3c(c2)oc2ccccc23)cc1. The van der Waals surface area contributed by atoms with Crippen molar-refractivity contribution < 1.29 is 17.7 Å². The average Bonchev–Trinajstić information content (AvgIpc) is 4.14. The predicted molar refractivity (Wildman–Crippen MR) is 300 cm³/mol. The summed E-state index contributed by atoms with van der Waals surface area (Å²) in [5.41, 5.74) is 15.4. The number of furan rings is 4. The number of anilines is 6. The second-order valence-electron chi connectivity index (χ2n) is 21.4. The van der Waals surface area contributed by atoms with Gasteiger partial charge < -0.3 is 27.5 Å². The van der Waals surface area contributed by atoms with Crippen molar-refractivity contribution in [2.75, 3.05) is 9.80 Å². The molecule has 0 bridgehead atoms. The Balaban J connectivity index is 0.907. The number of hydrogen-bond donors (Lipinski definition) is 0. The number of para-hydroxylation sites is 2. The van der Waals surface area contributed by atoms with Gasteiger partial charge in [-0.15, -0.1) is 0 Å². The summed E-state index contributed by atoms with van der Waals surface area (Å²) >= 11 is 0. The fourth-order valence-corrected chi connectivity index (χ4v) is 10.9. The second-order valence-corrected chi connectivity index (χ2v) is 21.4. The maximum absolute atomic E-state index is 6.88. The summed E-state index contributed by atoms with van der Waals surface area (Å²) in [7, 11) is 0. The number of hydrogen-bond acceptors (Lipinski definition) is 6. The van der Waals surface area contributed by atoms with Crippen molar-refractivity contribution in [1.82, 2.24) is 0 Å². The highest BCUT2D eigenvalue weighted by molar-refractivity contribution is 6.20. The lowest BCUT2D eigenvalue weighted by molar-refractivity contribution is 0.590. The van der Waals surface area contributed by atoms with Crippen LogP contribution in [0.25, 0.3) is 98.5 Å². The van der Waals surface area contributed by atoms with Gasteiger partial charge in [-0.05, 0) is 142 Å². The minimum absolute atomic E-state index is 0.00891. The third kappa shape index (κ3) is 6.70. The van der Waals surface area contributed by atoms with E-state index in [0.717, 1.165) is 133 Å². The van der Waals surface area contributed by atoms with Crippen LogP contribution in [0.2, 0.25) is 0 Å². The van der Waals surface area contributed by atoms with Crippen molar-refractivity contribution in [1.29, 1.82) is 0 Å². The first kappa shape index (κ1) is 42.2. The Kier molecular flexibility index (Phi) is 9.01. The van der Waals surface area contributed by atoms with Gasteiger partial charge in [-0.3, -0.25) is 0 Å². The Hall–Kier alpha value is -8.74. The van der Waals surface area contributed by atoms with E-state index in [4.69, 9.17) is 17.7 Å². The van der Waals surface area contributed by atoms with Crippen molar-refractivity contribution in [2.24, 2.45) is 0 Å². The van der Waals surface area contributed by atoms with Gasteiger partial charge in [0.15, 0.2) is 0 Å². The highest BCUT2D eigenvalue weighted by Gasteiger charge is 2.24. The molecule has 6 nitrogen and oxygen atoms in total. The van der Waals surface area contributed by atoms with Crippen LogP contribution in [0.1, 0.15) is 52.7 Å². The largest absolute Gasteiger partial charge is 0.456 e. The summed E-state index contributed by atoms with van der Waals surface area (Å²) in [4.78, 5) is 4.63. The van der Waals surface area contributed by atoms with E-state index in [9.17, 15) is 0 Å². The van der Waals surface area contributed by atoms with Crippen LogP contribution in [0, 0.1) is 0 Å². The Labute approximate surface area is 415 Å². The van der Waals surface area contributed by atoms with Crippen molar-refractivity contribution in [3.05, 3.63) is 205 Å². The quantitative estimate of drug-likeness (QED) is 0.166. The molecular formula is C66H50N2O4. The van der Waals surface area contributed by atoms with Gasteiger partial charge in [0.25, 0.3) is 0 Å². The minimum atomic E-state index is 0.00891. The molecule has 0 aliphatic heterocycles. The van der Waals surface area contributed by atoms with E-state index in [1.54, 1.807) is 0 Å². The van der Waals surface area contributed by atoms with Crippen LogP contribution in [0.15, 0.2) is 212 Å². The predicted octanol–water partition coefficient (Wildman–Crippen LogP) is 20.0. The maximum atomic E-state index is 6.88. The Morgan fingerprint density at radius 1 is 0.278 bits per heavy atom. The third-order valence-electron chi connectivity index (χ3n) is 14.7. The smallest absolute Gasteiger partial charge is 0.137 e. The number of benzene rings is 10. The molecule has 6 heteroatoms. The van der Waals surface area contributed by atoms with Crippen LogP contribution in [0.4, 0.5) is 34.1 Å². The number of rotatable bonds is 6. The van der Waals surface area contributed by atoms with Crippen LogP contribution in [0.3, 0.4) is 0 Å². The van der Waals surface area contributed by atoms with Crippen LogP contribution in [-0.4, -0.2) is 0 Å². The maximum Gasteiger partial charge on any atom is 0.137 e. The zero-order chi connectivity index (χ0) is 48.6. The molecular weight excluding hydrogens is 885 g/mol. The molecule has 14 aromatic rings. The fourth-order valence-electron chi connectivity index (χ4n) is 10.9. The van der Waals surface area contributed by atoms with Gasteiger partial charge in [-0.2, -0.15) is 0 Å². The minimum Gasteiger partial charge on any atom is -0.456 e. The molecule has 0 amide bonds. The summed E-state index contributed by atoms with van der Waals surface area (Å²) in [6.45, 7) is 13.5. The molecule has 0 radical (unpaired) electrons. The van der Waals surface area contributed by atoms with E-state index in [-0.39, 0.29) is 10.8 Å². The van der Waals surface area contributed by atoms with Gasteiger partial charge >= 0.3 is 0 Å². The zero-order valence-electron chi connectivity index (χ0n) is 41.0. The zero-order valence-corrected chi connectivity index (χ0v) is 41.0. The fraction of sp³-hybridized carbons (Fsp3) is 0.121. The van der Waals surface area contributed by atoms with Crippen molar-refractivity contribution in [2.45, 2.75) is 52.4 Å². The van der Waals surface area contributed by atoms with Gasteiger partial charge in [-0.25, -0.2) is 0 Å². The highest BCUT2D eigenvalue weighted by Crippen LogP contribution is 2.47. The summed E-state index contributed by atoms with van der Waals surface area (Å²) < 4.78 is 26.6. The van der Waals surface area contributed by atoms with Crippen LogP contribution < -0.4 is 9.80 Å². The normalized spacial score (nSPS) is 12.6. The molecule has 72 heavy (non-hydrogen) atoms. The molecule has 4 heterocycles. The van der Waals surface area contributed by atoms with Gasteiger partial charge in [0.2, 0.25) is 0 Å². The first-order valence-electron chi connectivity index (χ1n) is 24.8. The third-order valence-corrected chi connectivity index (χ3v) is 14.7. The van der Waals surface area contributed by atoms with Gasteiger partial charge in [-0.1, -0.05) is 114 Å². The lowest BCUT2D eigenvalue weighted by Crippen LogP contribution is -2.13. The van der Waals surface area contributed by atoms with Crippen LogP contribution >= 0.6 is 0 Å². The summed E-state index contributed by atoms with van der Waals surface area (Å²) in [5.74, 6) is 0. The lowest BCUT2D eigenvalue weighted by Gasteiger charge is -2.27. The monoisotopic (exact) mass is 934 g/mol. The van der Waals surface area contributed by atoms with E-state index >= 15 is 0 Å². The Morgan fingerprint density at radius 3 is 1.33 bits per heavy atom. The Bertz CT molecular complexity index is 4470. The Morgan fingerprint density at radius 2 is 0.708 bits per heavy atom. The lowest BCUT2D eigenvalue weighted by atomic mass is 9.87. The molecule has 14 rings (SSSR count). The van der Waals surface area contributed by atoms with Crippen LogP contribution in [0.5, 0.6) is 0 Å². The highest BCUT2D eigenvalue weighted by atomic mass is 16.3. The molecule has 0 aliphatic carbocycles. The molecule has 0 fully saturated rings. The first-order chi connectivity index (χ1) is 34.9. The molecule has 0 spiro atoms. The summed E-state index contributed by atoms with van der Waals surface area (Å²) in [6.07, 6.45) is 0. The van der Waals surface area contributed by atoms with Gasteiger partial charge in [0, 0.05) is 78.3 Å². The number of nitrogens with zero attached hydrogens (tertiary/aromatic N) is 2. The van der Waals surface area contributed by atoms with E-state index in [1.165, 1.54) is 11.1 Å². The van der Waals surface area contributed by atoms with E-state index in [0.29, 0.717) is 0 Å². The average molecular weight is 935 g/mol. The second kappa shape index (κ2) is 15.4. The first-order valence-corrected chi connectivity index (χ1v) is 24.8. The summed E-state index contributed by atoms with van der Waals surface area (Å²) in [6, 6.07) is 69.1. The van der Waals surface area contributed by atoms with E-state index in [1.807, 2.05) is 24.3 Å². The molecule has 0 saturated carbocycles. The topological polar surface area (TPSA) is 59.0 Å². The molecule has 10 aromatic carbocycles. The van der Waals surface area contributed by atoms with E-state index < -0.39 is 0 Å². The molecule has 348 valence electrons. The van der Waals surface area contributed by atoms with Crippen molar-refractivity contribution in [3.63, 3.8) is 0 Å². The van der Waals surface area contributed by atoms with Gasteiger partial charge in [0.1, 0.15) is 44.7 Å². The van der Waals surface area contributed by atoms with Crippen molar-refractivity contribution in [3.8, 4) is 0 Å². The van der Waals surface area contributed by atoms with Gasteiger partial charge in [0.05, 0.1) is 11.1 Å². The van der Waals surface area contributed by atoms with E-state index in [2.05, 4.69) is 221 Å². The number of fused-ring (bicyclic) bond motifs is 13. The van der Waals surface area contributed by atoms with Crippen LogP contribution in [-0.2, 0) is 10.8 Å². The molecule has 0 aliphatic rings. The standard InChI is InChI=1S/C66H50N2O4/c1-65(2,3)41-19-24-43(25-20-41)67(46-28-30-50-48-12-7-9-15-56(48)69-60(50)35-46)45-23-18-39-33-52-53-37-63-54(38-62(53)72-59(52)34-40(39)32-45)64-55(14-11-17-58(64)71-63)68(44-26-21-42(22-27-44)66(4,5)6)47-29-31-51-49-13-8-10-16-57(49)70-61(51)36-47/h7-38H,1-6H3. The molecule has 0 unspecified atom stereocenters.